The van der Waals surface area contributed by atoms with Crippen molar-refractivity contribution in [1.29, 1.82) is 0 Å². The highest BCUT2D eigenvalue weighted by Gasteiger charge is 2.20. The van der Waals surface area contributed by atoms with E-state index in [1.807, 2.05) is 0 Å². The van der Waals surface area contributed by atoms with E-state index in [0.29, 0.717) is 17.6 Å². The summed E-state index contributed by atoms with van der Waals surface area (Å²) in [5, 5.41) is 11.0. The van der Waals surface area contributed by atoms with E-state index in [1.54, 1.807) is 19.1 Å². The van der Waals surface area contributed by atoms with Crippen molar-refractivity contribution in [1.82, 2.24) is 20.2 Å². The van der Waals surface area contributed by atoms with Gasteiger partial charge in [-0.15, -0.1) is 5.10 Å². The van der Waals surface area contributed by atoms with Gasteiger partial charge in [0.2, 0.25) is 0 Å². The van der Waals surface area contributed by atoms with Crippen molar-refractivity contribution >= 4 is 15.7 Å². The summed E-state index contributed by atoms with van der Waals surface area (Å²) >= 11 is 0. The predicted octanol–water partition coefficient (Wildman–Crippen LogP) is 2.05. The Hall–Kier alpha value is -2.88. The third kappa shape index (κ3) is 3.08. The number of nitrogens with zero attached hydrogens (tertiary/aromatic N) is 4. The lowest BCUT2D eigenvalue weighted by Gasteiger charge is -2.10. The second-order valence-corrected chi connectivity index (χ2v) is 6.52. The minimum Gasteiger partial charge on any atom is -0.279 e. The number of benzene rings is 2. The Kier molecular flexibility index (Phi) is 3.97. The van der Waals surface area contributed by atoms with Gasteiger partial charge in [-0.05, 0) is 47.7 Å². The summed E-state index contributed by atoms with van der Waals surface area (Å²) in [6, 6.07) is 8.50. The Labute approximate surface area is 136 Å². The van der Waals surface area contributed by atoms with E-state index in [-0.39, 0.29) is 5.69 Å². The van der Waals surface area contributed by atoms with E-state index in [2.05, 4.69) is 20.2 Å². The summed E-state index contributed by atoms with van der Waals surface area (Å²) in [6.45, 7) is 1.69. The molecule has 0 bridgehead atoms. The molecule has 0 unspecified atom stereocenters. The molecule has 124 valence electrons. The molecule has 0 radical (unpaired) electrons. The van der Waals surface area contributed by atoms with Gasteiger partial charge >= 0.3 is 0 Å². The highest BCUT2D eigenvalue weighted by atomic mass is 32.2. The Morgan fingerprint density at radius 1 is 1.12 bits per heavy atom. The smallest absolute Gasteiger partial charge is 0.264 e. The molecular formula is C14H11F2N5O2S. The molecule has 0 aliphatic rings. The van der Waals surface area contributed by atoms with Gasteiger partial charge in [0.25, 0.3) is 10.0 Å². The second-order valence-electron chi connectivity index (χ2n) is 4.87. The minimum atomic E-state index is -4.21. The number of aryl methyl sites for hydroxylation is 1. The standard InChI is InChI=1S/C14H11F2N5O2S/c1-9-17-19-20-21(9)12-4-2-3-11(8-12)18-24(22,23)14-6-5-10(15)7-13(14)16/h2-8,18H,1H3. The lowest BCUT2D eigenvalue weighted by Crippen LogP contribution is -2.15. The third-order valence-electron chi connectivity index (χ3n) is 3.15. The maximum Gasteiger partial charge on any atom is 0.264 e. The largest absolute Gasteiger partial charge is 0.279 e. The fourth-order valence-corrected chi connectivity index (χ4v) is 3.18. The van der Waals surface area contributed by atoms with E-state index >= 15 is 0 Å². The fraction of sp³-hybridized carbons (Fsp3) is 0.0714. The van der Waals surface area contributed by atoms with Crippen LogP contribution in [0.1, 0.15) is 5.82 Å². The summed E-state index contributed by atoms with van der Waals surface area (Å²) < 4.78 is 54.9. The summed E-state index contributed by atoms with van der Waals surface area (Å²) in [4.78, 5) is -0.645. The summed E-state index contributed by atoms with van der Waals surface area (Å²) in [5.41, 5.74) is 0.711. The first kappa shape index (κ1) is 16.0. The predicted molar refractivity (Wildman–Crippen MR) is 81.1 cm³/mol. The van der Waals surface area contributed by atoms with Gasteiger partial charge < -0.3 is 0 Å². The molecule has 0 aliphatic carbocycles. The molecule has 0 fully saturated rings. The zero-order chi connectivity index (χ0) is 17.3. The first-order valence-corrected chi connectivity index (χ1v) is 8.18. The summed E-state index contributed by atoms with van der Waals surface area (Å²) in [7, 11) is -4.21. The average molecular weight is 351 g/mol. The topological polar surface area (TPSA) is 89.8 Å². The highest BCUT2D eigenvalue weighted by Crippen LogP contribution is 2.21. The van der Waals surface area contributed by atoms with Crippen molar-refractivity contribution in [3.8, 4) is 5.69 Å². The SMILES string of the molecule is Cc1nnnn1-c1cccc(NS(=O)(=O)c2ccc(F)cc2F)c1. The van der Waals surface area contributed by atoms with Crippen LogP contribution in [0.2, 0.25) is 0 Å². The van der Waals surface area contributed by atoms with Gasteiger partial charge in [-0.25, -0.2) is 17.2 Å². The van der Waals surface area contributed by atoms with Gasteiger partial charge in [0.15, 0.2) is 5.82 Å². The minimum absolute atomic E-state index is 0.186. The van der Waals surface area contributed by atoms with Crippen molar-refractivity contribution in [2.24, 2.45) is 0 Å². The Balaban J connectivity index is 1.95. The molecule has 1 N–H and O–H groups in total. The Bertz CT molecular complexity index is 1000. The molecule has 10 heteroatoms. The van der Waals surface area contributed by atoms with Crippen molar-refractivity contribution in [3.05, 3.63) is 59.9 Å². The normalized spacial score (nSPS) is 11.5. The number of nitrogens with one attached hydrogen (secondary N) is 1. The van der Waals surface area contributed by atoms with Crippen LogP contribution in [0.3, 0.4) is 0 Å². The van der Waals surface area contributed by atoms with E-state index in [9.17, 15) is 17.2 Å². The van der Waals surface area contributed by atoms with Crippen LogP contribution >= 0.6 is 0 Å². The van der Waals surface area contributed by atoms with Crippen LogP contribution in [0.4, 0.5) is 14.5 Å². The zero-order valence-electron chi connectivity index (χ0n) is 12.3. The Morgan fingerprint density at radius 2 is 1.92 bits per heavy atom. The molecule has 3 aromatic rings. The van der Waals surface area contributed by atoms with Gasteiger partial charge in [-0.3, -0.25) is 4.72 Å². The quantitative estimate of drug-likeness (QED) is 0.777. The molecule has 0 saturated carbocycles. The van der Waals surface area contributed by atoms with E-state index < -0.39 is 26.6 Å². The number of halogens is 2. The zero-order valence-corrected chi connectivity index (χ0v) is 13.1. The van der Waals surface area contributed by atoms with Crippen LogP contribution < -0.4 is 4.72 Å². The van der Waals surface area contributed by atoms with Gasteiger partial charge in [-0.1, -0.05) is 6.07 Å². The number of anilines is 1. The van der Waals surface area contributed by atoms with E-state index in [1.165, 1.54) is 16.8 Å². The average Bonchev–Trinajstić information content (AvgIpc) is 2.92. The lowest BCUT2D eigenvalue weighted by atomic mass is 10.3. The van der Waals surface area contributed by atoms with Crippen LogP contribution in [-0.2, 0) is 10.0 Å². The molecule has 3 rings (SSSR count). The number of aromatic nitrogens is 4. The number of tetrazole rings is 1. The number of hydrogen-bond donors (Lipinski definition) is 1. The molecule has 0 saturated heterocycles. The molecule has 0 spiro atoms. The molecule has 2 aromatic carbocycles. The maximum absolute atomic E-state index is 13.7. The molecule has 7 nitrogen and oxygen atoms in total. The van der Waals surface area contributed by atoms with E-state index in [0.717, 1.165) is 12.1 Å². The first-order chi connectivity index (χ1) is 11.4. The van der Waals surface area contributed by atoms with Gasteiger partial charge in [-0.2, -0.15) is 4.68 Å². The van der Waals surface area contributed by atoms with Crippen molar-refractivity contribution in [3.63, 3.8) is 0 Å². The molecule has 1 heterocycles. The summed E-state index contributed by atoms with van der Waals surface area (Å²) in [6.07, 6.45) is 0. The van der Waals surface area contributed by atoms with Gasteiger partial charge in [0.1, 0.15) is 16.5 Å². The number of sulfonamides is 1. The maximum atomic E-state index is 13.7. The van der Waals surface area contributed by atoms with Crippen molar-refractivity contribution < 1.29 is 17.2 Å². The van der Waals surface area contributed by atoms with Crippen LogP contribution in [0, 0.1) is 18.6 Å². The van der Waals surface area contributed by atoms with Crippen LogP contribution in [-0.4, -0.2) is 28.6 Å². The third-order valence-corrected chi connectivity index (χ3v) is 4.57. The highest BCUT2D eigenvalue weighted by molar-refractivity contribution is 7.92. The van der Waals surface area contributed by atoms with Crippen LogP contribution in [0.5, 0.6) is 0 Å². The van der Waals surface area contributed by atoms with Crippen molar-refractivity contribution in [2.45, 2.75) is 11.8 Å². The molecule has 24 heavy (non-hydrogen) atoms. The Morgan fingerprint density at radius 3 is 2.58 bits per heavy atom. The monoisotopic (exact) mass is 351 g/mol. The van der Waals surface area contributed by atoms with Crippen LogP contribution in [0.15, 0.2) is 47.4 Å². The van der Waals surface area contributed by atoms with Gasteiger partial charge in [0.05, 0.1) is 11.4 Å². The molecule has 0 amide bonds. The number of hydrogen-bond acceptors (Lipinski definition) is 5. The van der Waals surface area contributed by atoms with Crippen LogP contribution in [0.25, 0.3) is 5.69 Å². The molecular weight excluding hydrogens is 340 g/mol. The first-order valence-electron chi connectivity index (χ1n) is 6.70. The molecule has 0 atom stereocenters. The second kappa shape index (κ2) is 5.96. The van der Waals surface area contributed by atoms with Crippen molar-refractivity contribution in [2.75, 3.05) is 4.72 Å². The number of rotatable bonds is 4. The van der Waals surface area contributed by atoms with Gasteiger partial charge in [0, 0.05) is 6.07 Å². The lowest BCUT2D eigenvalue weighted by molar-refractivity contribution is 0.551. The molecule has 0 aliphatic heterocycles. The van der Waals surface area contributed by atoms with E-state index in [4.69, 9.17) is 0 Å². The summed E-state index contributed by atoms with van der Waals surface area (Å²) in [5.74, 6) is -1.52. The fourth-order valence-electron chi connectivity index (χ4n) is 2.07. The molecule has 1 aromatic heterocycles.